The van der Waals surface area contributed by atoms with E-state index in [2.05, 4.69) is 41.2 Å². The first kappa shape index (κ1) is 15.2. The Labute approximate surface area is 100 Å². The number of hydrogen-bond donors (Lipinski definition) is 0. The van der Waals surface area contributed by atoms with E-state index in [1.165, 1.54) is 0 Å². The summed E-state index contributed by atoms with van der Waals surface area (Å²) in [6.07, 6.45) is 1.86. The molecule has 0 rings (SSSR count). The van der Waals surface area contributed by atoms with Crippen molar-refractivity contribution in [1.29, 1.82) is 0 Å². The van der Waals surface area contributed by atoms with Crippen molar-refractivity contribution in [2.24, 2.45) is 11.8 Å². The van der Waals surface area contributed by atoms with E-state index in [1.54, 1.807) is 6.92 Å². The van der Waals surface area contributed by atoms with Crippen molar-refractivity contribution in [3.8, 4) is 0 Å². The van der Waals surface area contributed by atoms with Gasteiger partial charge in [-0.05, 0) is 31.6 Å². The molecule has 0 aliphatic rings. The van der Waals surface area contributed by atoms with Crippen LogP contribution in [-0.4, -0.2) is 11.6 Å². The molecule has 0 aromatic rings. The van der Waals surface area contributed by atoms with Crippen LogP contribution in [0.15, 0.2) is 12.2 Å². The number of rotatable bonds is 6. The van der Waals surface area contributed by atoms with Crippen molar-refractivity contribution in [3.63, 3.8) is 0 Å². The van der Waals surface area contributed by atoms with Crippen molar-refractivity contribution in [1.82, 2.24) is 0 Å². The molecule has 0 fully saturated rings. The highest BCUT2D eigenvalue weighted by molar-refractivity contribution is 5.87. The summed E-state index contributed by atoms with van der Waals surface area (Å²) in [5.74, 6) is 0.410. The second-order valence-corrected chi connectivity index (χ2v) is 4.94. The lowest BCUT2D eigenvalue weighted by atomic mass is 9.76. The van der Waals surface area contributed by atoms with Crippen LogP contribution in [0.5, 0.6) is 0 Å². The SMILES string of the molecule is C=C(C)C(=O)OC(CC)(C(C)C)C(C)CC. The fourth-order valence-electron chi connectivity index (χ4n) is 2.22. The van der Waals surface area contributed by atoms with Crippen molar-refractivity contribution in [3.05, 3.63) is 12.2 Å². The van der Waals surface area contributed by atoms with Crippen LogP contribution in [0, 0.1) is 11.8 Å². The van der Waals surface area contributed by atoms with Crippen LogP contribution in [0.3, 0.4) is 0 Å². The minimum Gasteiger partial charge on any atom is -0.455 e. The summed E-state index contributed by atoms with van der Waals surface area (Å²) >= 11 is 0. The minimum absolute atomic E-state index is 0.268. The maximum Gasteiger partial charge on any atom is 0.333 e. The van der Waals surface area contributed by atoms with E-state index in [-0.39, 0.29) is 11.6 Å². The van der Waals surface area contributed by atoms with Crippen LogP contribution < -0.4 is 0 Å². The highest BCUT2D eigenvalue weighted by Crippen LogP contribution is 2.36. The average Bonchev–Trinajstić information content (AvgIpc) is 2.23. The Morgan fingerprint density at radius 1 is 1.31 bits per heavy atom. The van der Waals surface area contributed by atoms with E-state index in [1.807, 2.05) is 0 Å². The fourth-order valence-corrected chi connectivity index (χ4v) is 2.22. The second kappa shape index (κ2) is 6.07. The number of carbonyl (C=O) groups excluding carboxylic acids is 1. The molecule has 0 aromatic heterocycles. The Morgan fingerprint density at radius 3 is 2.06 bits per heavy atom. The van der Waals surface area contributed by atoms with Gasteiger partial charge in [0.05, 0.1) is 0 Å². The van der Waals surface area contributed by atoms with Gasteiger partial charge in [0.15, 0.2) is 0 Å². The van der Waals surface area contributed by atoms with Crippen LogP contribution in [0.25, 0.3) is 0 Å². The molecule has 2 heteroatoms. The monoisotopic (exact) mass is 226 g/mol. The van der Waals surface area contributed by atoms with Gasteiger partial charge in [-0.1, -0.05) is 41.2 Å². The van der Waals surface area contributed by atoms with E-state index in [9.17, 15) is 4.79 Å². The first-order valence-electron chi connectivity index (χ1n) is 6.20. The lowest BCUT2D eigenvalue weighted by Crippen LogP contribution is -2.45. The van der Waals surface area contributed by atoms with E-state index >= 15 is 0 Å². The van der Waals surface area contributed by atoms with Gasteiger partial charge in [-0.2, -0.15) is 0 Å². The van der Waals surface area contributed by atoms with Crippen LogP contribution in [-0.2, 0) is 9.53 Å². The molecule has 0 bridgehead atoms. The fraction of sp³-hybridized carbons (Fsp3) is 0.786. The molecular formula is C14H26O2. The van der Waals surface area contributed by atoms with Crippen molar-refractivity contribution >= 4 is 5.97 Å². The number of ether oxygens (including phenoxy) is 1. The maximum atomic E-state index is 11.7. The van der Waals surface area contributed by atoms with Gasteiger partial charge < -0.3 is 4.74 Å². The minimum atomic E-state index is -0.356. The predicted molar refractivity (Wildman–Crippen MR) is 68.2 cm³/mol. The Bertz CT molecular complexity index is 255. The zero-order chi connectivity index (χ0) is 12.9. The third-order valence-electron chi connectivity index (χ3n) is 3.61. The summed E-state index contributed by atoms with van der Waals surface area (Å²) in [4.78, 5) is 11.7. The molecule has 0 amide bonds. The van der Waals surface area contributed by atoms with Gasteiger partial charge in [0.1, 0.15) is 5.60 Å². The predicted octanol–water partition coefficient (Wildman–Crippen LogP) is 3.96. The molecule has 0 saturated heterocycles. The highest BCUT2D eigenvalue weighted by Gasteiger charge is 2.40. The third-order valence-corrected chi connectivity index (χ3v) is 3.61. The zero-order valence-electron chi connectivity index (χ0n) is 11.6. The molecular weight excluding hydrogens is 200 g/mol. The highest BCUT2D eigenvalue weighted by atomic mass is 16.6. The molecule has 0 heterocycles. The van der Waals surface area contributed by atoms with Crippen molar-refractivity contribution in [2.75, 3.05) is 0 Å². The molecule has 0 saturated carbocycles. The van der Waals surface area contributed by atoms with E-state index < -0.39 is 0 Å². The Morgan fingerprint density at radius 2 is 1.81 bits per heavy atom. The summed E-state index contributed by atoms with van der Waals surface area (Å²) < 4.78 is 5.72. The topological polar surface area (TPSA) is 26.3 Å². The lowest BCUT2D eigenvalue weighted by Gasteiger charge is -2.41. The smallest absolute Gasteiger partial charge is 0.333 e. The van der Waals surface area contributed by atoms with Gasteiger partial charge in [-0.15, -0.1) is 0 Å². The summed E-state index contributed by atoms with van der Waals surface area (Å²) in [6.45, 7) is 15.9. The maximum absolute atomic E-state index is 11.7. The van der Waals surface area contributed by atoms with Gasteiger partial charge in [0.2, 0.25) is 0 Å². The standard InChI is InChI=1S/C14H26O2/c1-8-12(7)14(9-2,11(5)6)16-13(15)10(3)4/h11-12H,3,8-9H2,1-2,4-7H3. The molecule has 0 aliphatic carbocycles. The van der Waals surface area contributed by atoms with Crippen LogP contribution >= 0.6 is 0 Å². The van der Waals surface area contributed by atoms with Crippen molar-refractivity contribution in [2.45, 2.75) is 60.0 Å². The molecule has 16 heavy (non-hydrogen) atoms. The molecule has 2 unspecified atom stereocenters. The molecule has 0 spiro atoms. The second-order valence-electron chi connectivity index (χ2n) is 4.94. The first-order chi connectivity index (χ1) is 7.31. The van der Waals surface area contributed by atoms with Crippen LogP contribution in [0.1, 0.15) is 54.4 Å². The van der Waals surface area contributed by atoms with Crippen molar-refractivity contribution < 1.29 is 9.53 Å². The molecule has 0 N–H and O–H groups in total. The summed E-state index contributed by atoms with van der Waals surface area (Å²) in [7, 11) is 0. The largest absolute Gasteiger partial charge is 0.455 e. The number of hydrogen-bond acceptors (Lipinski definition) is 2. The summed E-state index contributed by atoms with van der Waals surface area (Å²) in [5, 5.41) is 0. The molecule has 94 valence electrons. The van der Waals surface area contributed by atoms with Crippen LogP contribution in [0.2, 0.25) is 0 Å². The van der Waals surface area contributed by atoms with E-state index in [0.717, 1.165) is 12.8 Å². The average molecular weight is 226 g/mol. The Kier molecular flexibility index (Phi) is 5.77. The van der Waals surface area contributed by atoms with Gasteiger partial charge in [0.25, 0.3) is 0 Å². The zero-order valence-corrected chi connectivity index (χ0v) is 11.6. The quantitative estimate of drug-likeness (QED) is 0.506. The lowest BCUT2D eigenvalue weighted by molar-refractivity contribution is -0.169. The Balaban J connectivity index is 5.06. The van der Waals surface area contributed by atoms with Gasteiger partial charge in [-0.3, -0.25) is 0 Å². The van der Waals surface area contributed by atoms with Gasteiger partial charge in [-0.25, -0.2) is 4.79 Å². The van der Waals surface area contributed by atoms with E-state index in [0.29, 0.717) is 17.4 Å². The Hall–Kier alpha value is -0.790. The van der Waals surface area contributed by atoms with Gasteiger partial charge in [0, 0.05) is 5.57 Å². The number of carbonyl (C=O) groups is 1. The molecule has 0 aromatic carbocycles. The van der Waals surface area contributed by atoms with E-state index in [4.69, 9.17) is 4.74 Å². The molecule has 0 aliphatic heterocycles. The molecule has 0 radical (unpaired) electrons. The third kappa shape index (κ3) is 3.10. The molecule has 2 nitrogen and oxygen atoms in total. The number of esters is 1. The first-order valence-corrected chi connectivity index (χ1v) is 6.20. The van der Waals surface area contributed by atoms with Gasteiger partial charge >= 0.3 is 5.97 Å². The van der Waals surface area contributed by atoms with Crippen LogP contribution in [0.4, 0.5) is 0 Å². The molecule has 2 atom stereocenters. The summed E-state index contributed by atoms with van der Waals surface area (Å²) in [6, 6.07) is 0. The normalized spacial score (nSPS) is 16.7. The summed E-state index contributed by atoms with van der Waals surface area (Å²) in [5.41, 5.74) is 0.118.